The molecule has 0 radical (unpaired) electrons. The van der Waals surface area contributed by atoms with Gasteiger partial charge in [0.25, 0.3) is 0 Å². The summed E-state index contributed by atoms with van der Waals surface area (Å²) in [4.78, 5) is 7.85. The van der Waals surface area contributed by atoms with Gasteiger partial charge in [0.05, 0.1) is 0 Å². The molecule has 0 amide bonds. The van der Waals surface area contributed by atoms with Crippen molar-refractivity contribution in [3.8, 4) is 16.9 Å². The van der Waals surface area contributed by atoms with E-state index in [9.17, 15) is 4.39 Å². The first-order valence-electron chi connectivity index (χ1n) is 6.54. The van der Waals surface area contributed by atoms with Crippen LogP contribution < -0.4 is 4.74 Å². The fourth-order valence-electron chi connectivity index (χ4n) is 1.98. The SMILES string of the molecule is Fc1cc(-c2cncnc2)ccc1OCc1ccccc1. The van der Waals surface area contributed by atoms with Crippen molar-refractivity contribution in [3.05, 3.63) is 78.6 Å². The number of ether oxygens (including phenoxy) is 1. The van der Waals surface area contributed by atoms with Gasteiger partial charge in [0, 0.05) is 18.0 Å². The average molecular weight is 280 g/mol. The summed E-state index contributed by atoms with van der Waals surface area (Å²) in [5, 5.41) is 0. The Hall–Kier alpha value is -2.75. The van der Waals surface area contributed by atoms with E-state index in [2.05, 4.69) is 9.97 Å². The van der Waals surface area contributed by atoms with Crippen LogP contribution in [0.15, 0.2) is 67.3 Å². The molecule has 0 aliphatic heterocycles. The minimum absolute atomic E-state index is 0.236. The molecule has 0 atom stereocenters. The van der Waals surface area contributed by atoms with Gasteiger partial charge in [-0.25, -0.2) is 14.4 Å². The summed E-state index contributed by atoms with van der Waals surface area (Å²) in [6.45, 7) is 0.339. The molecule has 0 spiro atoms. The van der Waals surface area contributed by atoms with E-state index >= 15 is 0 Å². The number of hydrogen-bond acceptors (Lipinski definition) is 3. The summed E-state index contributed by atoms with van der Waals surface area (Å²) in [7, 11) is 0. The maximum atomic E-state index is 14.1. The van der Waals surface area contributed by atoms with Crippen LogP contribution in [0.1, 0.15) is 5.56 Å². The van der Waals surface area contributed by atoms with Gasteiger partial charge >= 0.3 is 0 Å². The second-order valence-electron chi connectivity index (χ2n) is 4.55. The zero-order valence-corrected chi connectivity index (χ0v) is 11.2. The summed E-state index contributed by atoms with van der Waals surface area (Å²) >= 11 is 0. The van der Waals surface area contributed by atoms with E-state index in [1.54, 1.807) is 24.5 Å². The molecule has 0 fully saturated rings. The average Bonchev–Trinajstić information content (AvgIpc) is 2.55. The zero-order valence-electron chi connectivity index (χ0n) is 11.2. The maximum absolute atomic E-state index is 14.1. The molecule has 0 unspecified atom stereocenters. The Balaban J connectivity index is 1.76. The standard InChI is InChI=1S/C17H13FN2O/c18-16-8-14(15-9-19-12-20-10-15)6-7-17(16)21-11-13-4-2-1-3-5-13/h1-10,12H,11H2. The molecule has 2 aromatic carbocycles. The third-order valence-electron chi connectivity index (χ3n) is 3.06. The van der Waals surface area contributed by atoms with Crippen molar-refractivity contribution in [2.75, 3.05) is 0 Å². The molecule has 0 bridgehead atoms. The lowest BCUT2D eigenvalue weighted by molar-refractivity contribution is 0.290. The second-order valence-corrected chi connectivity index (χ2v) is 4.55. The van der Waals surface area contributed by atoms with Crippen LogP contribution in [0.25, 0.3) is 11.1 Å². The fraction of sp³-hybridized carbons (Fsp3) is 0.0588. The highest BCUT2D eigenvalue weighted by Crippen LogP contribution is 2.25. The summed E-state index contributed by atoms with van der Waals surface area (Å²) in [6.07, 6.45) is 4.73. The van der Waals surface area contributed by atoms with Crippen LogP contribution in [0.2, 0.25) is 0 Å². The molecule has 0 aliphatic rings. The van der Waals surface area contributed by atoms with Crippen LogP contribution >= 0.6 is 0 Å². The van der Waals surface area contributed by atoms with Crippen molar-refractivity contribution >= 4 is 0 Å². The summed E-state index contributed by atoms with van der Waals surface area (Å²) < 4.78 is 19.6. The maximum Gasteiger partial charge on any atom is 0.165 e. The lowest BCUT2D eigenvalue weighted by Gasteiger charge is -2.08. The molecule has 3 rings (SSSR count). The number of halogens is 1. The first-order chi connectivity index (χ1) is 10.3. The molecule has 3 nitrogen and oxygen atoms in total. The second kappa shape index (κ2) is 6.13. The van der Waals surface area contributed by atoms with Gasteiger partial charge in [0.1, 0.15) is 12.9 Å². The Bertz CT molecular complexity index is 717. The van der Waals surface area contributed by atoms with Gasteiger partial charge in [0.2, 0.25) is 0 Å². The molecular formula is C17H13FN2O. The predicted molar refractivity (Wildman–Crippen MR) is 78.2 cm³/mol. The van der Waals surface area contributed by atoms with Gasteiger partial charge < -0.3 is 4.74 Å². The number of rotatable bonds is 4. The molecular weight excluding hydrogens is 267 g/mol. The minimum Gasteiger partial charge on any atom is -0.486 e. The number of hydrogen-bond donors (Lipinski definition) is 0. The number of aromatic nitrogens is 2. The van der Waals surface area contributed by atoms with E-state index in [1.165, 1.54) is 12.4 Å². The summed E-state index contributed by atoms with van der Waals surface area (Å²) in [5.41, 5.74) is 2.49. The first kappa shape index (κ1) is 13.2. The highest BCUT2D eigenvalue weighted by Gasteiger charge is 2.07. The Labute approximate surface area is 122 Å². The Morgan fingerprint density at radius 3 is 2.38 bits per heavy atom. The van der Waals surface area contributed by atoms with Crippen LogP contribution in [-0.4, -0.2) is 9.97 Å². The molecule has 104 valence electrons. The van der Waals surface area contributed by atoms with E-state index in [4.69, 9.17) is 4.74 Å². The molecule has 0 saturated carbocycles. The van der Waals surface area contributed by atoms with Gasteiger partial charge in [-0.1, -0.05) is 36.4 Å². The largest absolute Gasteiger partial charge is 0.486 e. The molecule has 0 saturated heterocycles. The minimum atomic E-state index is -0.396. The van der Waals surface area contributed by atoms with E-state index in [-0.39, 0.29) is 5.75 Å². The Kier molecular flexibility index (Phi) is 3.87. The van der Waals surface area contributed by atoms with E-state index in [0.29, 0.717) is 6.61 Å². The van der Waals surface area contributed by atoms with Gasteiger partial charge in [0.15, 0.2) is 11.6 Å². The smallest absolute Gasteiger partial charge is 0.165 e. The predicted octanol–water partition coefficient (Wildman–Crippen LogP) is 3.86. The highest BCUT2D eigenvalue weighted by molar-refractivity contribution is 5.62. The Morgan fingerprint density at radius 1 is 0.905 bits per heavy atom. The topological polar surface area (TPSA) is 35.0 Å². The highest BCUT2D eigenvalue weighted by atomic mass is 19.1. The quantitative estimate of drug-likeness (QED) is 0.728. The Morgan fingerprint density at radius 2 is 1.67 bits per heavy atom. The monoisotopic (exact) mass is 280 g/mol. The molecule has 3 aromatic rings. The molecule has 4 heteroatoms. The normalized spacial score (nSPS) is 10.3. The lowest BCUT2D eigenvalue weighted by atomic mass is 10.1. The van der Waals surface area contributed by atoms with Crippen molar-refractivity contribution in [2.45, 2.75) is 6.61 Å². The van der Waals surface area contributed by atoms with Gasteiger partial charge in [-0.2, -0.15) is 0 Å². The summed E-state index contributed by atoms with van der Waals surface area (Å²) in [6, 6.07) is 14.5. The molecule has 1 heterocycles. The van der Waals surface area contributed by atoms with E-state index < -0.39 is 5.82 Å². The first-order valence-corrected chi connectivity index (χ1v) is 6.54. The molecule has 0 aliphatic carbocycles. The van der Waals surface area contributed by atoms with Crippen LogP contribution in [0.5, 0.6) is 5.75 Å². The lowest BCUT2D eigenvalue weighted by Crippen LogP contribution is -1.97. The zero-order chi connectivity index (χ0) is 14.5. The summed E-state index contributed by atoms with van der Waals surface area (Å²) in [5.74, 6) is -0.160. The van der Waals surface area contributed by atoms with Crippen molar-refractivity contribution in [3.63, 3.8) is 0 Å². The molecule has 0 N–H and O–H groups in total. The third kappa shape index (κ3) is 3.23. The van der Waals surface area contributed by atoms with E-state index in [0.717, 1.165) is 16.7 Å². The van der Waals surface area contributed by atoms with Gasteiger partial charge in [-0.15, -0.1) is 0 Å². The molecule has 1 aromatic heterocycles. The van der Waals surface area contributed by atoms with Crippen molar-refractivity contribution in [2.24, 2.45) is 0 Å². The van der Waals surface area contributed by atoms with E-state index in [1.807, 2.05) is 30.3 Å². The number of benzene rings is 2. The van der Waals surface area contributed by atoms with Crippen molar-refractivity contribution < 1.29 is 9.13 Å². The number of nitrogens with zero attached hydrogens (tertiary/aromatic N) is 2. The van der Waals surface area contributed by atoms with Crippen LogP contribution in [0, 0.1) is 5.82 Å². The molecule has 21 heavy (non-hydrogen) atoms. The van der Waals surface area contributed by atoms with Gasteiger partial charge in [-0.3, -0.25) is 0 Å². The van der Waals surface area contributed by atoms with Crippen molar-refractivity contribution in [1.29, 1.82) is 0 Å². The van der Waals surface area contributed by atoms with Crippen molar-refractivity contribution in [1.82, 2.24) is 9.97 Å². The third-order valence-corrected chi connectivity index (χ3v) is 3.06. The van der Waals surface area contributed by atoms with Gasteiger partial charge in [-0.05, 0) is 23.3 Å². The van der Waals surface area contributed by atoms with Crippen LogP contribution in [-0.2, 0) is 6.61 Å². The van der Waals surface area contributed by atoms with Crippen LogP contribution in [0.3, 0.4) is 0 Å². The fourth-order valence-corrected chi connectivity index (χ4v) is 1.98. The van der Waals surface area contributed by atoms with Crippen LogP contribution in [0.4, 0.5) is 4.39 Å².